The van der Waals surface area contributed by atoms with E-state index in [2.05, 4.69) is 27.7 Å². The molecule has 0 bridgehead atoms. The number of rotatable bonds is 25. The summed E-state index contributed by atoms with van der Waals surface area (Å²) in [6.45, 7) is 9.52. The number of carbonyl (C=O) groups is 1. The molecule has 0 rings (SSSR count). The lowest BCUT2D eigenvalue weighted by Gasteiger charge is -2.05. The number of esters is 1. The zero-order valence-corrected chi connectivity index (χ0v) is 24.4. The van der Waals surface area contributed by atoms with Gasteiger partial charge in [-0.15, -0.1) is 0 Å². The molecule has 0 aromatic heterocycles. The maximum absolute atomic E-state index is 11.7. The molecule has 0 aliphatic carbocycles. The number of hydrogen-bond acceptors (Lipinski definition) is 3. The largest absolute Gasteiger partial charge is 0.466 e. The van der Waals surface area contributed by atoms with Crippen molar-refractivity contribution in [3.05, 3.63) is 0 Å². The Hall–Kier alpha value is -0.570. The van der Waals surface area contributed by atoms with Crippen LogP contribution in [0.5, 0.6) is 0 Å². The van der Waals surface area contributed by atoms with Gasteiger partial charge in [0, 0.05) is 6.42 Å². The molecule has 0 aliphatic rings. The molecule has 0 saturated carbocycles. The molecule has 3 N–H and O–H groups in total. The van der Waals surface area contributed by atoms with Crippen molar-refractivity contribution >= 4 is 5.97 Å². The van der Waals surface area contributed by atoms with E-state index in [4.69, 9.17) is 4.74 Å². The van der Waals surface area contributed by atoms with Gasteiger partial charge < -0.3 is 10.9 Å². The van der Waals surface area contributed by atoms with Crippen LogP contribution in [0.1, 0.15) is 188 Å². The molecule has 3 heteroatoms. The highest BCUT2D eigenvalue weighted by molar-refractivity contribution is 5.69. The minimum atomic E-state index is 0. The lowest BCUT2D eigenvalue weighted by Crippen LogP contribution is -2.05. The van der Waals surface area contributed by atoms with Crippen molar-refractivity contribution < 1.29 is 9.53 Å². The fraction of sp³-hybridized carbons (Fsp3) is 0.968. The Bertz CT molecular complexity index is 344. The summed E-state index contributed by atoms with van der Waals surface area (Å²) in [4.78, 5) is 11.7. The topological polar surface area (TPSA) is 61.3 Å². The van der Waals surface area contributed by atoms with Crippen LogP contribution in [-0.4, -0.2) is 12.6 Å². The molecule has 0 atom stereocenters. The Morgan fingerprint density at radius 3 is 1.03 bits per heavy atom. The Kier molecular flexibility index (Phi) is 41.3. The molecule has 208 valence electrons. The first-order chi connectivity index (χ1) is 16.2. The summed E-state index contributed by atoms with van der Waals surface area (Å²) in [6.07, 6.45) is 32.5. The first-order valence-corrected chi connectivity index (χ1v) is 15.4. The van der Waals surface area contributed by atoms with Crippen molar-refractivity contribution in [2.45, 2.75) is 188 Å². The minimum Gasteiger partial charge on any atom is -0.466 e. The summed E-state index contributed by atoms with van der Waals surface area (Å²) in [5.41, 5.74) is 0. The van der Waals surface area contributed by atoms with Crippen molar-refractivity contribution in [2.24, 2.45) is 0 Å². The van der Waals surface area contributed by atoms with Crippen LogP contribution in [0.25, 0.3) is 0 Å². The molecule has 34 heavy (non-hydrogen) atoms. The number of unbranched alkanes of at least 4 members (excludes halogenated alkanes) is 21. The smallest absolute Gasteiger partial charge is 0.305 e. The van der Waals surface area contributed by atoms with E-state index in [1.165, 1.54) is 141 Å². The molecule has 0 aromatic carbocycles. The van der Waals surface area contributed by atoms with E-state index in [9.17, 15) is 4.79 Å². The van der Waals surface area contributed by atoms with E-state index in [0.717, 1.165) is 12.8 Å². The Morgan fingerprint density at radius 1 is 0.412 bits per heavy atom. The van der Waals surface area contributed by atoms with Gasteiger partial charge in [0.15, 0.2) is 0 Å². The molecule has 0 aliphatic heterocycles. The van der Waals surface area contributed by atoms with Gasteiger partial charge in [0.05, 0.1) is 6.61 Å². The van der Waals surface area contributed by atoms with Gasteiger partial charge in [-0.3, -0.25) is 4.79 Å². The standard InChI is InChI=1S/C27H54O2.C4H10.H3N/c1-3-5-7-9-11-12-13-14-15-16-17-18-19-21-23-25-27(28)29-26-24-22-20-10-8-6-4-2;1-3-4-2;/h3-26H2,1-2H3;3-4H2,1-2H3;1H3. The van der Waals surface area contributed by atoms with E-state index in [1.54, 1.807) is 0 Å². The normalized spacial score (nSPS) is 10.4. The Morgan fingerprint density at radius 2 is 0.706 bits per heavy atom. The van der Waals surface area contributed by atoms with Crippen molar-refractivity contribution in [1.29, 1.82) is 0 Å². The van der Waals surface area contributed by atoms with Crippen LogP contribution in [0.15, 0.2) is 0 Å². The molecule has 3 nitrogen and oxygen atoms in total. The minimum absolute atomic E-state index is 0. The fourth-order valence-corrected chi connectivity index (χ4v) is 3.96. The average molecular weight is 486 g/mol. The van der Waals surface area contributed by atoms with E-state index >= 15 is 0 Å². The summed E-state index contributed by atoms with van der Waals surface area (Å²) in [7, 11) is 0. The number of hydrogen-bond donors (Lipinski definition) is 1. The average Bonchev–Trinajstić information content (AvgIpc) is 2.83. The summed E-state index contributed by atoms with van der Waals surface area (Å²) in [6, 6.07) is 0. The van der Waals surface area contributed by atoms with Crippen molar-refractivity contribution in [2.75, 3.05) is 6.61 Å². The third kappa shape index (κ3) is 38.7. The highest BCUT2D eigenvalue weighted by Gasteiger charge is 2.02. The van der Waals surface area contributed by atoms with Gasteiger partial charge in [-0.25, -0.2) is 0 Å². The first kappa shape index (κ1) is 38.0. The fourth-order valence-electron chi connectivity index (χ4n) is 3.96. The quantitative estimate of drug-likeness (QED) is 0.103. The molecule has 0 amide bonds. The highest BCUT2D eigenvalue weighted by Crippen LogP contribution is 2.14. The molecule has 0 radical (unpaired) electrons. The number of ether oxygens (including phenoxy) is 1. The molecular formula is C31H67NO2. The lowest BCUT2D eigenvalue weighted by molar-refractivity contribution is -0.143. The van der Waals surface area contributed by atoms with Crippen molar-refractivity contribution in [1.82, 2.24) is 6.15 Å². The van der Waals surface area contributed by atoms with Crippen LogP contribution in [0.3, 0.4) is 0 Å². The summed E-state index contributed by atoms with van der Waals surface area (Å²) in [5.74, 6) is 0.0191. The van der Waals surface area contributed by atoms with E-state index in [0.29, 0.717) is 13.0 Å². The summed E-state index contributed by atoms with van der Waals surface area (Å²) < 4.78 is 5.35. The maximum atomic E-state index is 11.7. The maximum Gasteiger partial charge on any atom is 0.305 e. The van der Waals surface area contributed by atoms with E-state index in [-0.39, 0.29) is 12.1 Å². The molecule has 0 aromatic rings. The molecule has 0 saturated heterocycles. The summed E-state index contributed by atoms with van der Waals surface area (Å²) >= 11 is 0. The van der Waals surface area contributed by atoms with Gasteiger partial charge in [-0.1, -0.05) is 169 Å². The van der Waals surface area contributed by atoms with Gasteiger partial charge in [0.2, 0.25) is 0 Å². The predicted molar refractivity (Wildman–Crippen MR) is 154 cm³/mol. The van der Waals surface area contributed by atoms with Gasteiger partial charge in [0.25, 0.3) is 0 Å². The molecule has 0 heterocycles. The van der Waals surface area contributed by atoms with Crippen LogP contribution in [-0.2, 0) is 9.53 Å². The van der Waals surface area contributed by atoms with Crippen molar-refractivity contribution in [3.8, 4) is 0 Å². The number of carbonyl (C=O) groups excluding carboxylic acids is 1. The lowest BCUT2D eigenvalue weighted by atomic mass is 10.0. The molecule has 0 spiro atoms. The zero-order chi connectivity index (χ0) is 24.7. The van der Waals surface area contributed by atoms with Gasteiger partial charge in [-0.05, 0) is 12.8 Å². The second kappa shape index (κ2) is 37.0. The first-order valence-electron chi connectivity index (χ1n) is 15.4. The summed E-state index contributed by atoms with van der Waals surface area (Å²) in [5, 5.41) is 0. The third-order valence-corrected chi connectivity index (χ3v) is 6.50. The predicted octanol–water partition coefficient (Wildman–Crippen LogP) is 11.5. The van der Waals surface area contributed by atoms with Crippen LogP contribution in [0.4, 0.5) is 0 Å². The third-order valence-electron chi connectivity index (χ3n) is 6.50. The van der Waals surface area contributed by atoms with Gasteiger partial charge in [-0.2, -0.15) is 0 Å². The molecular weight excluding hydrogens is 418 g/mol. The van der Waals surface area contributed by atoms with Crippen LogP contribution >= 0.6 is 0 Å². The van der Waals surface area contributed by atoms with Crippen LogP contribution < -0.4 is 6.15 Å². The monoisotopic (exact) mass is 486 g/mol. The zero-order valence-electron chi connectivity index (χ0n) is 24.4. The van der Waals surface area contributed by atoms with E-state index < -0.39 is 0 Å². The highest BCUT2D eigenvalue weighted by atomic mass is 16.5. The molecule has 0 unspecified atom stereocenters. The van der Waals surface area contributed by atoms with E-state index in [1.807, 2.05) is 0 Å². The molecule has 0 fully saturated rings. The Balaban J connectivity index is -0.00000177. The van der Waals surface area contributed by atoms with Crippen LogP contribution in [0, 0.1) is 0 Å². The Labute approximate surface area is 216 Å². The SMILES string of the molecule is CCCC.CCCCCCCCCCCCCCCCCC(=O)OCCCCCCCCC.N. The van der Waals surface area contributed by atoms with Gasteiger partial charge >= 0.3 is 5.97 Å². The van der Waals surface area contributed by atoms with Gasteiger partial charge in [0.1, 0.15) is 0 Å². The second-order valence-electron chi connectivity index (χ2n) is 10.0. The second-order valence-corrected chi connectivity index (χ2v) is 10.0. The van der Waals surface area contributed by atoms with Crippen LogP contribution in [0.2, 0.25) is 0 Å². The van der Waals surface area contributed by atoms with Crippen molar-refractivity contribution in [3.63, 3.8) is 0 Å².